The number of nitrogen functional groups attached to an aromatic ring is 1. The molecule has 1 aromatic heterocycles. The molecular formula is C10H17N3O2S. The van der Waals surface area contributed by atoms with Crippen molar-refractivity contribution >= 4 is 15.8 Å². The zero-order valence-electron chi connectivity index (χ0n) is 9.47. The van der Waals surface area contributed by atoms with Gasteiger partial charge >= 0.3 is 0 Å². The Balaban J connectivity index is 2.86. The van der Waals surface area contributed by atoms with Gasteiger partial charge in [-0.3, -0.25) is 0 Å². The van der Waals surface area contributed by atoms with Crippen LogP contribution in [0.2, 0.25) is 0 Å². The molecule has 0 radical (unpaired) electrons. The first-order valence-electron chi connectivity index (χ1n) is 5.19. The third kappa shape index (κ3) is 3.46. The van der Waals surface area contributed by atoms with Gasteiger partial charge in [0.05, 0.1) is 4.90 Å². The molecule has 0 aromatic carbocycles. The van der Waals surface area contributed by atoms with E-state index in [-0.39, 0.29) is 16.8 Å². The van der Waals surface area contributed by atoms with E-state index in [1.807, 2.05) is 13.8 Å². The van der Waals surface area contributed by atoms with E-state index in [4.69, 9.17) is 5.73 Å². The highest BCUT2D eigenvalue weighted by molar-refractivity contribution is 7.89. The van der Waals surface area contributed by atoms with Crippen molar-refractivity contribution in [2.75, 3.05) is 5.73 Å². The van der Waals surface area contributed by atoms with Gasteiger partial charge in [0.15, 0.2) is 0 Å². The summed E-state index contributed by atoms with van der Waals surface area (Å²) in [4.78, 5) is 3.91. The Labute approximate surface area is 96.1 Å². The first kappa shape index (κ1) is 12.9. The summed E-state index contributed by atoms with van der Waals surface area (Å²) in [5, 5.41) is 0. The molecular weight excluding hydrogens is 226 g/mol. The van der Waals surface area contributed by atoms with Crippen molar-refractivity contribution in [1.29, 1.82) is 0 Å². The molecule has 90 valence electrons. The van der Waals surface area contributed by atoms with E-state index in [1.165, 1.54) is 18.3 Å². The van der Waals surface area contributed by atoms with Crippen molar-refractivity contribution in [3.63, 3.8) is 0 Å². The zero-order chi connectivity index (χ0) is 12.2. The number of hydrogen-bond acceptors (Lipinski definition) is 4. The number of anilines is 1. The van der Waals surface area contributed by atoms with Crippen LogP contribution in [-0.2, 0) is 10.0 Å². The lowest BCUT2D eigenvalue weighted by Gasteiger charge is -2.13. The van der Waals surface area contributed by atoms with Crippen molar-refractivity contribution in [2.45, 2.75) is 37.6 Å². The maximum absolute atomic E-state index is 11.9. The Hall–Kier alpha value is -1.14. The van der Waals surface area contributed by atoms with Gasteiger partial charge < -0.3 is 5.73 Å². The van der Waals surface area contributed by atoms with Crippen LogP contribution in [0.15, 0.2) is 23.2 Å². The van der Waals surface area contributed by atoms with Gasteiger partial charge in [-0.05, 0) is 19.4 Å². The van der Waals surface area contributed by atoms with E-state index in [2.05, 4.69) is 9.71 Å². The number of aromatic nitrogens is 1. The molecule has 1 rings (SSSR count). The van der Waals surface area contributed by atoms with Crippen LogP contribution in [0.3, 0.4) is 0 Å². The third-order valence-corrected chi connectivity index (χ3v) is 3.73. The van der Waals surface area contributed by atoms with Gasteiger partial charge in [0.25, 0.3) is 0 Å². The number of nitrogens with two attached hydrogens (primary N) is 1. The Bertz CT molecular complexity index is 445. The number of hydrogen-bond donors (Lipinski definition) is 2. The van der Waals surface area contributed by atoms with Crippen LogP contribution in [-0.4, -0.2) is 19.4 Å². The normalized spacial score (nSPS) is 13.6. The van der Waals surface area contributed by atoms with Crippen LogP contribution in [0.5, 0.6) is 0 Å². The molecule has 0 spiro atoms. The highest BCUT2D eigenvalue weighted by Gasteiger charge is 2.16. The lowest BCUT2D eigenvalue weighted by atomic mass is 10.2. The molecule has 0 aliphatic carbocycles. The molecule has 1 aromatic rings. The molecule has 1 heterocycles. The Morgan fingerprint density at radius 3 is 2.81 bits per heavy atom. The molecule has 1 unspecified atom stereocenters. The lowest BCUT2D eigenvalue weighted by Crippen LogP contribution is -2.32. The topological polar surface area (TPSA) is 85.1 Å². The summed E-state index contributed by atoms with van der Waals surface area (Å²) in [5.41, 5.74) is 5.44. The van der Waals surface area contributed by atoms with Crippen molar-refractivity contribution in [3.8, 4) is 0 Å². The molecule has 3 N–H and O–H groups in total. The Morgan fingerprint density at radius 2 is 2.25 bits per heavy atom. The summed E-state index contributed by atoms with van der Waals surface area (Å²) >= 11 is 0. The zero-order valence-corrected chi connectivity index (χ0v) is 10.3. The van der Waals surface area contributed by atoms with Gasteiger partial charge in [-0.25, -0.2) is 18.1 Å². The monoisotopic (exact) mass is 243 g/mol. The van der Waals surface area contributed by atoms with Crippen molar-refractivity contribution in [3.05, 3.63) is 18.3 Å². The number of nitrogens with one attached hydrogen (secondary N) is 1. The van der Waals surface area contributed by atoms with Gasteiger partial charge in [-0.2, -0.15) is 0 Å². The summed E-state index contributed by atoms with van der Waals surface area (Å²) in [5.74, 6) is 0.200. The van der Waals surface area contributed by atoms with Crippen LogP contribution in [0.1, 0.15) is 26.7 Å². The lowest BCUT2D eigenvalue weighted by molar-refractivity contribution is 0.544. The van der Waals surface area contributed by atoms with E-state index in [0.717, 1.165) is 12.8 Å². The van der Waals surface area contributed by atoms with Crippen molar-refractivity contribution < 1.29 is 8.42 Å². The molecule has 0 amide bonds. The molecule has 16 heavy (non-hydrogen) atoms. The van der Waals surface area contributed by atoms with Gasteiger partial charge in [-0.1, -0.05) is 13.3 Å². The minimum atomic E-state index is -3.47. The quantitative estimate of drug-likeness (QED) is 0.811. The molecule has 1 atom stereocenters. The number of sulfonamides is 1. The van der Waals surface area contributed by atoms with Gasteiger partial charge in [0, 0.05) is 18.3 Å². The summed E-state index contributed by atoms with van der Waals surface area (Å²) in [6, 6.07) is 2.70. The standard InChI is InChI=1S/C10H17N3O2S/c1-3-4-8(2)13-16(14,15)9-5-6-12-10(11)7-9/h5-8,13H,3-4H2,1-2H3,(H2,11,12). The second-order valence-corrected chi connectivity index (χ2v) is 5.44. The van der Waals surface area contributed by atoms with E-state index >= 15 is 0 Å². The average molecular weight is 243 g/mol. The van der Waals surface area contributed by atoms with E-state index < -0.39 is 10.0 Å². The summed E-state index contributed by atoms with van der Waals surface area (Å²) < 4.78 is 26.3. The van der Waals surface area contributed by atoms with Crippen LogP contribution in [0, 0.1) is 0 Å². The van der Waals surface area contributed by atoms with Gasteiger partial charge in [0.1, 0.15) is 5.82 Å². The smallest absolute Gasteiger partial charge is 0.240 e. The fourth-order valence-corrected chi connectivity index (χ4v) is 2.72. The van der Waals surface area contributed by atoms with Crippen molar-refractivity contribution in [1.82, 2.24) is 9.71 Å². The van der Waals surface area contributed by atoms with Gasteiger partial charge in [0.2, 0.25) is 10.0 Å². The first-order valence-corrected chi connectivity index (χ1v) is 6.68. The molecule has 0 saturated heterocycles. The predicted octanol–water partition coefficient (Wildman–Crippen LogP) is 1.13. The Morgan fingerprint density at radius 1 is 1.56 bits per heavy atom. The van der Waals surface area contributed by atoms with E-state index in [0.29, 0.717) is 0 Å². The third-order valence-electron chi connectivity index (χ3n) is 2.14. The van der Waals surface area contributed by atoms with Crippen LogP contribution in [0.25, 0.3) is 0 Å². The second-order valence-electron chi connectivity index (χ2n) is 3.73. The van der Waals surface area contributed by atoms with Crippen LogP contribution < -0.4 is 10.5 Å². The molecule has 5 nitrogen and oxygen atoms in total. The fraction of sp³-hybridized carbons (Fsp3) is 0.500. The minimum absolute atomic E-state index is 0.0793. The Kier molecular flexibility index (Phi) is 4.26. The molecule has 0 fully saturated rings. The second kappa shape index (κ2) is 5.27. The van der Waals surface area contributed by atoms with Crippen molar-refractivity contribution in [2.24, 2.45) is 0 Å². The largest absolute Gasteiger partial charge is 0.384 e. The number of rotatable bonds is 5. The predicted molar refractivity (Wildman–Crippen MR) is 63.3 cm³/mol. The fourth-order valence-electron chi connectivity index (χ4n) is 1.42. The van der Waals surface area contributed by atoms with Gasteiger partial charge in [-0.15, -0.1) is 0 Å². The molecule has 0 saturated carbocycles. The molecule has 0 aliphatic heterocycles. The number of pyridine rings is 1. The SMILES string of the molecule is CCCC(C)NS(=O)(=O)c1ccnc(N)c1. The highest BCUT2D eigenvalue weighted by Crippen LogP contribution is 2.11. The number of nitrogens with zero attached hydrogens (tertiary/aromatic N) is 1. The molecule has 0 bridgehead atoms. The van der Waals surface area contributed by atoms with Crippen LogP contribution in [0.4, 0.5) is 5.82 Å². The molecule has 0 aliphatic rings. The van der Waals surface area contributed by atoms with E-state index in [9.17, 15) is 8.42 Å². The first-order chi connectivity index (χ1) is 7.45. The summed E-state index contributed by atoms with van der Waals surface area (Å²) in [6.07, 6.45) is 3.12. The van der Waals surface area contributed by atoms with E-state index in [1.54, 1.807) is 0 Å². The molecule has 6 heteroatoms. The summed E-state index contributed by atoms with van der Waals surface area (Å²) in [7, 11) is -3.47. The highest BCUT2D eigenvalue weighted by atomic mass is 32.2. The van der Waals surface area contributed by atoms with Crippen LogP contribution >= 0.6 is 0 Å². The average Bonchev–Trinajstić information content (AvgIpc) is 2.17. The maximum atomic E-state index is 11.9. The minimum Gasteiger partial charge on any atom is -0.384 e. The maximum Gasteiger partial charge on any atom is 0.240 e. The summed E-state index contributed by atoms with van der Waals surface area (Å²) in [6.45, 7) is 3.85.